The first-order valence-electron chi connectivity index (χ1n) is 6.46. The molecule has 0 atom stereocenters. The van der Waals surface area contributed by atoms with Crippen LogP contribution in [0.25, 0.3) is 5.57 Å². The fourth-order valence-corrected chi connectivity index (χ4v) is 2.09. The Kier molecular flexibility index (Phi) is 4.37. The number of nitrogens with zero attached hydrogens (tertiary/aromatic N) is 1. The summed E-state index contributed by atoms with van der Waals surface area (Å²) < 4.78 is 0. The van der Waals surface area contributed by atoms with E-state index in [0.717, 1.165) is 12.1 Å². The number of nitrogens with two attached hydrogens (primary N) is 1. The third kappa shape index (κ3) is 3.46. The SMILES string of the molecule is C/C(=C(/Cc1ccccc1)c1ccccc1)N(C)N. The smallest absolute Gasteiger partial charge is 0.0298 e. The highest BCUT2D eigenvalue weighted by Gasteiger charge is 2.08. The van der Waals surface area contributed by atoms with Crippen molar-refractivity contribution in [3.05, 3.63) is 77.5 Å². The van der Waals surface area contributed by atoms with Gasteiger partial charge in [0.05, 0.1) is 0 Å². The molecular formula is C17H20N2. The molecule has 0 bridgehead atoms. The first-order chi connectivity index (χ1) is 9.18. The Labute approximate surface area is 115 Å². The summed E-state index contributed by atoms with van der Waals surface area (Å²) in [5.74, 6) is 5.90. The molecule has 2 rings (SSSR count). The van der Waals surface area contributed by atoms with Gasteiger partial charge >= 0.3 is 0 Å². The Morgan fingerprint density at radius 3 is 2.00 bits per heavy atom. The Hall–Kier alpha value is -2.06. The monoisotopic (exact) mass is 252 g/mol. The quantitative estimate of drug-likeness (QED) is 0.667. The van der Waals surface area contributed by atoms with Gasteiger partial charge in [0.1, 0.15) is 0 Å². The summed E-state index contributed by atoms with van der Waals surface area (Å²) in [6.45, 7) is 2.06. The highest BCUT2D eigenvalue weighted by atomic mass is 15.4. The molecule has 0 aliphatic carbocycles. The predicted octanol–water partition coefficient (Wildman–Crippen LogP) is 3.47. The van der Waals surface area contributed by atoms with Gasteiger partial charge in [-0.05, 0) is 30.0 Å². The first-order valence-corrected chi connectivity index (χ1v) is 6.46. The number of hydrogen-bond donors (Lipinski definition) is 1. The van der Waals surface area contributed by atoms with E-state index in [1.165, 1.54) is 16.7 Å². The van der Waals surface area contributed by atoms with Gasteiger partial charge in [-0.25, -0.2) is 5.84 Å². The predicted molar refractivity (Wildman–Crippen MR) is 81.1 cm³/mol. The average molecular weight is 252 g/mol. The summed E-state index contributed by atoms with van der Waals surface area (Å²) in [5.41, 5.74) is 4.87. The van der Waals surface area contributed by atoms with E-state index in [9.17, 15) is 0 Å². The molecule has 0 heterocycles. The van der Waals surface area contributed by atoms with Crippen LogP contribution in [0.3, 0.4) is 0 Å². The van der Waals surface area contributed by atoms with E-state index in [4.69, 9.17) is 5.84 Å². The minimum absolute atomic E-state index is 0.887. The lowest BCUT2D eigenvalue weighted by molar-refractivity contribution is 0.443. The van der Waals surface area contributed by atoms with Gasteiger partial charge in [-0.1, -0.05) is 60.7 Å². The maximum Gasteiger partial charge on any atom is 0.0298 e. The maximum atomic E-state index is 5.90. The molecular weight excluding hydrogens is 232 g/mol. The van der Waals surface area contributed by atoms with Crippen LogP contribution in [0.5, 0.6) is 0 Å². The molecule has 2 N–H and O–H groups in total. The Morgan fingerprint density at radius 2 is 1.47 bits per heavy atom. The van der Waals surface area contributed by atoms with Crippen molar-refractivity contribution < 1.29 is 0 Å². The fourth-order valence-electron chi connectivity index (χ4n) is 2.09. The Balaban J connectivity index is 2.39. The highest BCUT2D eigenvalue weighted by Crippen LogP contribution is 2.23. The van der Waals surface area contributed by atoms with Gasteiger partial charge in [0.25, 0.3) is 0 Å². The van der Waals surface area contributed by atoms with E-state index in [1.807, 2.05) is 19.2 Å². The number of benzene rings is 2. The second-order valence-corrected chi connectivity index (χ2v) is 4.70. The van der Waals surface area contributed by atoms with Gasteiger partial charge in [0.15, 0.2) is 0 Å². The lowest BCUT2D eigenvalue weighted by Crippen LogP contribution is -2.25. The molecule has 0 fully saturated rings. The molecule has 0 unspecified atom stereocenters. The van der Waals surface area contributed by atoms with Crippen molar-refractivity contribution in [2.45, 2.75) is 13.3 Å². The topological polar surface area (TPSA) is 29.3 Å². The van der Waals surface area contributed by atoms with Gasteiger partial charge in [0, 0.05) is 12.7 Å². The largest absolute Gasteiger partial charge is 0.318 e. The van der Waals surface area contributed by atoms with Crippen LogP contribution in [-0.2, 0) is 6.42 Å². The molecule has 0 aromatic heterocycles. The van der Waals surface area contributed by atoms with Crippen LogP contribution in [-0.4, -0.2) is 12.1 Å². The number of allylic oxidation sites excluding steroid dienone is 2. The lowest BCUT2D eigenvalue weighted by atomic mass is 9.96. The fraction of sp³-hybridized carbons (Fsp3) is 0.176. The number of hydrogen-bond acceptors (Lipinski definition) is 2. The van der Waals surface area contributed by atoms with E-state index < -0.39 is 0 Å². The Bertz CT molecular complexity index is 542. The number of rotatable bonds is 4. The molecule has 0 radical (unpaired) electrons. The lowest BCUT2D eigenvalue weighted by Gasteiger charge is -2.19. The standard InChI is InChI=1S/C17H20N2/c1-14(19(2)18)17(16-11-7-4-8-12-16)13-15-9-5-3-6-10-15/h3-12H,13,18H2,1-2H3/b17-14+. The van der Waals surface area contributed by atoms with E-state index in [-0.39, 0.29) is 0 Å². The molecule has 2 aromatic rings. The van der Waals surface area contributed by atoms with E-state index >= 15 is 0 Å². The van der Waals surface area contributed by atoms with Crippen LogP contribution < -0.4 is 5.84 Å². The molecule has 2 nitrogen and oxygen atoms in total. The second kappa shape index (κ2) is 6.21. The van der Waals surface area contributed by atoms with Gasteiger partial charge in [0.2, 0.25) is 0 Å². The summed E-state index contributed by atoms with van der Waals surface area (Å²) in [6, 6.07) is 20.9. The van der Waals surface area contributed by atoms with Gasteiger partial charge < -0.3 is 5.01 Å². The van der Waals surface area contributed by atoms with Crippen molar-refractivity contribution in [1.82, 2.24) is 5.01 Å². The molecule has 2 aromatic carbocycles. The van der Waals surface area contributed by atoms with Crippen molar-refractivity contribution >= 4 is 5.57 Å². The van der Waals surface area contributed by atoms with E-state index in [1.54, 1.807) is 5.01 Å². The van der Waals surface area contributed by atoms with Gasteiger partial charge in [-0.2, -0.15) is 0 Å². The summed E-state index contributed by atoms with van der Waals surface area (Å²) in [5, 5.41) is 1.69. The maximum absolute atomic E-state index is 5.90. The van der Waals surface area contributed by atoms with Crippen molar-refractivity contribution in [1.29, 1.82) is 0 Å². The Morgan fingerprint density at radius 1 is 0.947 bits per heavy atom. The van der Waals surface area contributed by atoms with Gasteiger partial charge in [-0.3, -0.25) is 0 Å². The van der Waals surface area contributed by atoms with Crippen molar-refractivity contribution in [2.75, 3.05) is 7.05 Å². The first kappa shape index (κ1) is 13.4. The number of hydrazine groups is 1. The molecule has 98 valence electrons. The van der Waals surface area contributed by atoms with Crippen molar-refractivity contribution in [3.63, 3.8) is 0 Å². The third-order valence-corrected chi connectivity index (χ3v) is 3.31. The average Bonchev–Trinajstić information content (AvgIpc) is 2.46. The van der Waals surface area contributed by atoms with Crippen LogP contribution >= 0.6 is 0 Å². The van der Waals surface area contributed by atoms with Crippen molar-refractivity contribution in [3.8, 4) is 0 Å². The molecule has 19 heavy (non-hydrogen) atoms. The second-order valence-electron chi connectivity index (χ2n) is 4.70. The zero-order valence-electron chi connectivity index (χ0n) is 11.5. The molecule has 0 saturated carbocycles. The van der Waals surface area contributed by atoms with Crippen LogP contribution in [0.2, 0.25) is 0 Å². The van der Waals surface area contributed by atoms with Gasteiger partial charge in [-0.15, -0.1) is 0 Å². The van der Waals surface area contributed by atoms with Crippen LogP contribution in [0.15, 0.2) is 66.4 Å². The zero-order chi connectivity index (χ0) is 13.7. The molecule has 0 spiro atoms. The summed E-state index contributed by atoms with van der Waals surface area (Å²) in [7, 11) is 1.88. The van der Waals surface area contributed by atoms with Crippen LogP contribution in [0.4, 0.5) is 0 Å². The zero-order valence-corrected chi connectivity index (χ0v) is 11.5. The molecule has 0 aliphatic heterocycles. The van der Waals surface area contributed by atoms with E-state index in [2.05, 4.69) is 55.5 Å². The van der Waals surface area contributed by atoms with Crippen molar-refractivity contribution in [2.24, 2.45) is 5.84 Å². The van der Waals surface area contributed by atoms with E-state index in [0.29, 0.717) is 0 Å². The molecule has 0 aliphatic rings. The van der Waals surface area contributed by atoms with Crippen LogP contribution in [0.1, 0.15) is 18.1 Å². The summed E-state index contributed by atoms with van der Waals surface area (Å²) in [4.78, 5) is 0. The molecule has 2 heteroatoms. The normalized spacial score (nSPS) is 11.9. The minimum Gasteiger partial charge on any atom is -0.318 e. The highest BCUT2D eigenvalue weighted by molar-refractivity contribution is 5.69. The molecule has 0 amide bonds. The molecule has 0 saturated heterocycles. The minimum atomic E-state index is 0.887. The third-order valence-electron chi connectivity index (χ3n) is 3.31. The summed E-state index contributed by atoms with van der Waals surface area (Å²) in [6.07, 6.45) is 0.887. The summed E-state index contributed by atoms with van der Waals surface area (Å²) >= 11 is 0. The van der Waals surface area contributed by atoms with Crippen LogP contribution in [0, 0.1) is 0 Å².